The average Bonchev–Trinajstić information content (AvgIpc) is 3.79. The summed E-state index contributed by atoms with van der Waals surface area (Å²) in [6.45, 7) is 3.05. The number of pyridine rings is 1. The van der Waals surface area contributed by atoms with Crippen molar-refractivity contribution in [2.24, 2.45) is 27.5 Å². The molecule has 0 bridgehead atoms. The fourth-order valence-electron chi connectivity index (χ4n) is 5.42. The lowest BCUT2D eigenvalue weighted by Gasteiger charge is -2.49. The van der Waals surface area contributed by atoms with Crippen molar-refractivity contribution in [3.05, 3.63) is 65.2 Å². The van der Waals surface area contributed by atoms with Crippen LogP contribution in [0.15, 0.2) is 68.2 Å². The van der Waals surface area contributed by atoms with Gasteiger partial charge in [-0.15, -0.1) is 23.1 Å². The first-order valence-corrected chi connectivity index (χ1v) is 16.8. The highest BCUT2D eigenvalue weighted by Crippen LogP contribution is 2.45. The molecule has 2 aliphatic rings. The van der Waals surface area contributed by atoms with Gasteiger partial charge in [-0.25, -0.2) is 19.1 Å². The van der Waals surface area contributed by atoms with E-state index in [1.807, 2.05) is 39.9 Å². The number of β-lactam (4-membered cyclic amide) rings is 1. The third kappa shape index (κ3) is 6.74. The first-order chi connectivity index (χ1) is 23.7. The smallest absolute Gasteiger partial charge is 0.352 e. The lowest BCUT2D eigenvalue weighted by molar-refractivity contribution is -0.687. The molecular weight excluding hydrogens is 693 g/mol. The number of hydrogen-bond acceptors (Lipinski definition) is 13. The highest BCUT2D eigenvalue weighted by Gasteiger charge is 2.54. The van der Waals surface area contributed by atoms with Gasteiger partial charge in [0.15, 0.2) is 47.3 Å². The normalized spacial score (nSPS) is 17.8. The summed E-state index contributed by atoms with van der Waals surface area (Å²) in [5, 5.41) is 25.3. The molecule has 1 fully saturated rings. The molecular formula is C30H31N10O8S2+. The van der Waals surface area contributed by atoms with E-state index in [1.165, 1.54) is 42.2 Å². The van der Waals surface area contributed by atoms with Crippen LogP contribution in [0.3, 0.4) is 0 Å². The van der Waals surface area contributed by atoms with Gasteiger partial charge in [0, 0.05) is 35.4 Å². The van der Waals surface area contributed by atoms with E-state index in [0.717, 1.165) is 22.2 Å². The Morgan fingerprint density at radius 1 is 1.22 bits per heavy atom. The molecule has 0 radical (unpaired) electrons. The molecule has 2 aliphatic heterocycles. The number of aliphatic imine (C=N–C) groups is 1. The van der Waals surface area contributed by atoms with Crippen molar-refractivity contribution in [1.82, 2.24) is 19.4 Å². The topological polar surface area (TPSA) is 272 Å². The Labute approximate surface area is 290 Å². The van der Waals surface area contributed by atoms with Gasteiger partial charge in [0.2, 0.25) is 17.4 Å². The van der Waals surface area contributed by atoms with Gasteiger partial charge >= 0.3 is 11.9 Å². The second-order valence-corrected chi connectivity index (χ2v) is 13.9. The molecule has 18 nitrogen and oxygen atoms in total. The lowest BCUT2D eigenvalue weighted by Crippen LogP contribution is -2.62. The molecule has 6 heterocycles. The van der Waals surface area contributed by atoms with E-state index in [-0.39, 0.29) is 47.0 Å². The largest absolute Gasteiger partial charge is 0.478 e. The number of carboxylic acid groups (broad SMARTS) is 2. The number of ketones is 1. The zero-order valence-electron chi connectivity index (χ0n) is 26.5. The van der Waals surface area contributed by atoms with E-state index >= 15 is 0 Å². The van der Waals surface area contributed by atoms with Gasteiger partial charge in [0.25, 0.3) is 0 Å². The quantitative estimate of drug-likeness (QED) is 0.0424. The second kappa shape index (κ2) is 13.3. The molecule has 0 aromatic carbocycles. The summed E-state index contributed by atoms with van der Waals surface area (Å²) < 4.78 is 9.22. The molecule has 50 heavy (non-hydrogen) atoms. The van der Waals surface area contributed by atoms with Crippen molar-refractivity contribution in [3.63, 3.8) is 0 Å². The van der Waals surface area contributed by atoms with Crippen LogP contribution >= 0.6 is 23.1 Å². The number of carbonyl (C=O) groups is 4. The molecule has 0 aliphatic carbocycles. The molecule has 1 saturated heterocycles. The number of nitrogen functional groups attached to an aromatic ring is 1. The summed E-state index contributed by atoms with van der Waals surface area (Å²) in [5.41, 5.74) is 15.8. The van der Waals surface area contributed by atoms with Gasteiger partial charge in [0.05, 0.1) is 28.7 Å². The van der Waals surface area contributed by atoms with E-state index in [9.17, 15) is 29.4 Å². The molecule has 6 rings (SSSR count). The van der Waals surface area contributed by atoms with Gasteiger partial charge in [0.1, 0.15) is 17.7 Å². The number of thioether (sulfide) groups is 1. The van der Waals surface area contributed by atoms with Crippen LogP contribution in [0, 0.1) is 5.92 Å². The maximum absolute atomic E-state index is 13.5. The zero-order chi connectivity index (χ0) is 35.9. The highest BCUT2D eigenvalue weighted by atomic mass is 32.2. The predicted octanol–water partition coefficient (Wildman–Crippen LogP) is 1.02. The summed E-state index contributed by atoms with van der Waals surface area (Å²) in [6, 6.07) is 3.78. The van der Waals surface area contributed by atoms with E-state index in [0.29, 0.717) is 23.8 Å². The number of nitrogens with two attached hydrogens (primary N) is 3. The van der Waals surface area contributed by atoms with Crippen molar-refractivity contribution in [2.75, 3.05) is 11.5 Å². The molecule has 2 atom stereocenters. The maximum atomic E-state index is 13.5. The van der Waals surface area contributed by atoms with Crippen molar-refractivity contribution < 1.29 is 43.2 Å². The van der Waals surface area contributed by atoms with Gasteiger partial charge in [-0.05, 0) is 19.9 Å². The fourth-order valence-corrected chi connectivity index (χ4v) is 7.37. The lowest BCUT2D eigenvalue weighted by atomic mass is 9.89. The molecule has 0 spiro atoms. The van der Waals surface area contributed by atoms with E-state index in [1.54, 1.807) is 0 Å². The van der Waals surface area contributed by atoms with Gasteiger partial charge in [-0.2, -0.15) is 9.98 Å². The summed E-state index contributed by atoms with van der Waals surface area (Å²) in [5.74, 6) is -3.75. The third-order valence-electron chi connectivity index (χ3n) is 7.90. The molecule has 260 valence electrons. The molecule has 1 amide bonds. The minimum atomic E-state index is -1.75. The first kappa shape index (κ1) is 34.1. The number of oxime groups is 1. The Kier molecular flexibility index (Phi) is 9.06. The number of hydrogen-bond donors (Lipinski definition) is 5. The Balaban J connectivity index is 1.18. The van der Waals surface area contributed by atoms with Crippen LogP contribution < -0.4 is 21.8 Å². The molecule has 0 saturated carbocycles. The van der Waals surface area contributed by atoms with Crippen LogP contribution in [0.25, 0.3) is 10.9 Å². The van der Waals surface area contributed by atoms with Gasteiger partial charge in [-0.1, -0.05) is 5.16 Å². The highest BCUT2D eigenvalue weighted by molar-refractivity contribution is 8.00. The van der Waals surface area contributed by atoms with Crippen molar-refractivity contribution in [1.29, 1.82) is 0 Å². The van der Waals surface area contributed by atoms with Crippen molar-refractivity contribution in [3.8, 4) is 0 Å². The zero-order valence-corrected chi connectivity index (χ0v) is 28.2. The number of anilines is 1. The van der Waals surface area contributed by atoms with E-state index in [4.69, 9.17) is 26.5 Å². The third-order valence-corrected chi connectivity index (χ3v) is 9.97. The number of thiazole rings is 1. The van der Waals surface area contributed by atoms with Crippen LogP contribution in [-0.4, -0.2) is 81.7 Å². The summed E-state index contributed by atoms with van der Waals surface area (Å²) in [7, 11) is 0. The SMILES string of the molecule is CC(C)(O/N=C(\C(=O)C[C@@H]1C(=O)N2C(C(=O)O)=C(C[n+]3ccc4c(ccn4Cc4nc(N=C(N)N)co4)c3)CS[C@H]12)c1csc(N)n1)C(=O)O. The second-order valence-electron chi connectivity index (χ2n) is 11.9. The Hall–Kier alpha value is -5.76. The number of nitrogens with zero attached hydrogens (tertiary/aromatic N) is 7. The number of carboxylic acids is 2. The van der Waals surface area contributed by atoms with E-state index in [2.05, 4.69) is 20.1 Å². The number of amides is 1. The minimum absolute atomic E-state index is 0.0750. The first-order valence-electron chi connectivity index (χ1n) is 14.9. The van der Waals surface area contributed by atoms with Crippen LogP contribution in [0.5, 0.6) is 0 Å². The molecule has 4 aromatic rings. The predicted molar refractivity (Wildman–Crippen MR) is 180 cm³/mol. The number of fused-ring (bicyclic) bond motifs is 2. The monoisotopic (exact) mass is 723 g/mol. The number of Topliss-reactive ketones (excluding diaryl/α,β-unsaturated/α-hetero) is 1. The molecule has 4 aromatic heterocycles. The molecule has 20 heteroatoms. The van der Waals surface area contributed by atoms with Crippen LogP contribution in [0.4, 0.5) is 10.9 Å². The number of aromatic nitrogens is 4. The Morgan fingerprint density at radius 3 is 2.68 bits per heavy atom. The summed E-state index contributed by atoms with van der Waals surface area (Å²) >= 11 is 2.40. The number of oxazole rings is 1. The molecule has 8 N–H and O–H groups in total. The average molecular weight is 724 g/mol. The van der Waals surface area contributed by atoms with Gasteiger partial charge in [-0.3, -0.25) is 14.5 Å². The van der Waals surface area contributed by atoms with Crippen LogP contribution in [-0.2, 0) is 37.1 Å². The van der Waals surface area contributed by atoms with Crippen molar-refractivity contribution >= 4 is 80.3 Å². The van der Waals surface area contributed by atoms with Crippen LogP contribution in [0.2, 0.25) is 0 Å². The number of guanidine groups is 1. The van der Waals surface area contributed by atoms with Crippen molar-refractivity contribution in [2.45, 2.75) is 44.3 Å². The fraction of sp³-hybridized carbons (Fsp3) is 0.300. The maximum Gasteiger partial charge on any atom is 0.352 e. The molecule has 0 unspecified atom stereocenters. The minimum Gasteiger partial charge on any atom is -0.478 e. The number of carbonyl (C=O) groups excluding carboxylic acids is 2. The standard InChI is InChI=1S/C30H30N10O8S2/c1-30(2,27(45)46)48-37-22(17-13-50-29(33)34-17)19(41)7-16-24(42)40-23(26(43)44)15(12-49-25(16)40)9-38-5-4-18-14(8-38)3-6-39(18)10-21-35-20(11-47-21)36-28(31)32/h3-6,8,11,13,16,25H,7,9-10,12H2,1-2H3,(H7-,31,32,33,34,36,43,44,45,46)/p+1/b37-22-/t16-,25-/m1/s1. The van der Waals surface area contributed by atoms with Crippen LogP contribution in [0.1, 0.15) is 31.9 Å². The number of aliphatic carboxylic acids is 2. The van der Waals surface area contributed by atoms with Gasteiger partial charge < -0.3 is 41.2 Å². The summed E-state index contributed by atoms with van der Waals surface area (Å²) in [4.78, 5) is 69.5. The number of rotatable bonds is 13. The Morgan fingerprint density at radius 2 is 2.00 bits per heavy atom. The summed E-state index contributed by atoms with van der Waals surface area (Å²) in [6.07, 6.45) is 6.56. The Bertz CT molecular complexity index is 2130. The van der Waals surface area contributed by atoms with E-state index < -0.39 is 40.5 Å².